The van der Waals surface area contributed by atoms with Crippen LogP contribution < -0.4 is 10.6 Å². The first-order chi connectivity index (χ1) is 6.36. The van der Waals surface area contributed by atoms with Gasteiger partial charge in [-0.3, -0.25) is 0 Å². The molecule has 0 saturated heterocycles. The van der Waals surface area contributed by atoms with E-state index in [2.05, 4.69) is 4.99 Å². The summed E-state index contributed by atoms with van der Waals surface area (Å²) in [5, 5.41) is 1.60. The van der Waals surface area contributed by atoms with E-state index in [4.69, 9.17) is 0 Å². The zero-order chi connectivity index (χ0) is 9.10. The van der Waals surface area contributed by atoms with Crippen LogP contribution in [0, 0.1) is 0 Å². The molecule has 0 spiro atoms. The summed E-state index contributed by atoms with van der Waals surface area (Å²) in [5.74, 6) is -0.461. The summed E-state index contributed by atoms with van der Waals surface area (Å²) in [4.78, 5) is 3.81. The predicted molar refractivity (Wildman–Crippen MR) is 50.0 cm³/mol. The van der Waals surface area contributed by atoms with E-state index in [1.165, 1.54) is 6.08 Å². The first kappa shape index (κ1) is 7.92. The van der Waals surface area contributed by atoms with Gasteiger partial charge in [-0.15, -0.1) is 0 Å². The average molecular weight is 173 g/mol. The van der Waals surface area contributed by atoms with Gasteiger partial charge in [0.1, 0.15) is 0 Å². The molecule has 1 heterocycles. The van der Waals surface area contributed by atoms with Gasteiger partial charge < -0.3 is 0 Å². The van der Waals surface area contributed by atoms with Crippen LogP contribution in [0.1, 0.15) is 0 Å². The molecule has 0 radical (unpaired) electrons. The zero-order valence-electron chi connectivity index (χ0n) is 6.94. The quantitative estimate of drug-likeness (QED) is 0.527. The molecule has 13 heavy (non-hydrogen) atoms. The molecule has 1 aromatic carbocycles. The van der Waals surface area contributed by atoms with Crippen molar-refractivity contribution in [2.45, 2.75) is 0 Å². The smallest absolute Gasteiger partial charge is 0.213 e. The highest BCUT2D eigenvalue weighted by Crippen LogP contribution is 1.97. The minimum Gasteiger partial charge on any atom is -0.220 e. The Morgan fingerprint density at radius 1 is 1.00 bits per heavy atom. The monoisotopic (exact) mass is 173 g/mol. The Kier molecular flexibility index (Phi) is 2.04. The molecule has 1 nitrogen and oxygen atoms in total. The Morgan fingerprint density at radius 3 is 2.69 bits per heavy atom. The molecular weight excluding hydrogens is 165 g/mol. The van der Waals surface area contributed by atoms with Crippen LogP contribution in [0.25, 0.3) is 6.08 Å². The third kappa shape index (κ3) is 1.72. The summed E-state index contributed by atoms with van der Waals surface area (Å²) < 4.78 is 12.9. The second-order valence-corrected chi connectivity index (χ2v) is 2.71. The van der Waals surface area contributed by atoms with E-state index in [-0.39, 0.29) is 0 Å². The van der Waals surface area contributed by atoms with E-state index >= 15 is 0 Å². The van der Waals surface area contributed by atoms with Crippen LogP contribution in [-0.4, -0.2) is 0 Å². The lowest BCUT2D eigenvalue weighted by Gasteiger charge is -1.91. The van der Waals surface area contributed by atoms with Crippen LogP contribution in [0.5, 0.6) is 0 Å². The Morgan fingerprint density at radius 2 is 1.77 bits per heavy atom. The van der Waals surface area contributed by atoms with Gasteiger partial charge in [0, 0.05) is 5.22 Å². The second-order valence-electron chi connectivity index (χ2n) is 2.71. The lowest BCUT2D eigenvalue weighted by atomic mass is 10.2. The molecule has 0 amide bonds. The maximum Gasteiger partial charge on any atom is 0.213 e. The maximum atomic E-state index is 12.9. The first-order valence-corrected chi connectivity index (χ1v) is 4.04. The minimum atomic E-state index is -0.461. The summed E-state index contributed by atoms with van der Waals surface area (Å²) in [6.45, 7) is 0. The van der Waals surface area contributed by atoms with E-state index in [1.807, 2.05) is 24.3 Å². The molecular formula is C11H8FN. The fourth-order valence-corrected chi connectivity index (χ4v) is 1.18. The SMILES string of the molecule is FC1=CC=CC=c2ccccc2=N1. The number of para-hydroxylation sites is 1. The number of nitrogens with zero attached hydrogens (tertiary/aromatic N) is 1. The van der Waals surface area contributed by atoms with Crippen LogP contribution in [0.4, 0.5) is 4.39 Å². The maximum absolute atomic E-state index is 12.9. The van der Waals surface area contributed by atoms with Crippen molar-refractivity contribution >= 4 is 6.08 Å². The van der Waals surface area contributed by atoms with Crippen molar-refractivity contribution in [2.24, 2.45) is 4.99 Å². The molecule has 0 fully saturated rings. The molecule has 64 valence electrons. The highest BCUT2D eigenvalue weighted by Gasteiger charge is 1.90. The molecule has 0 aliphatic carbocycles. The van der Waals surface area contributed by atoms with Crippen LogP contribution in [0.2, 0.25) is 0 Å². The summed E-state index contributed by atoms with van der Waals surface area (Å²) in [6, 6.07) is 7.44. The van der Waals surface area contributed by atoms with E-state index in [9.17, 15) is 4.39 Å². The second kappa shape index (κ2) is 3.35. The molecule has 1 aliphatic heterocycles. The fraction of sp³-hybridized carbons (Fsp3) is 0. The molecule has 1 aliphatic rings. The molecule has 0 atom stereocenters. The number of fused-ring (bicyclic) bond motifs is 1. The van der Waals surface area contributed by atoms with E-state index in [0.29, 0.717) is 5.36 Å². The number of hydrogen-bond donors (Lipinski definition) is 0. The molecule has 0 bridgehead atoms. The fourth-order valence-electron chi connectivity index (χ4n) is 1.18. The van der Waals surface area contributed by atoms with Crippen LogP contribution in [0.15, 0.2) is 53.4 Å². The number of halogens is 1. The topological polar surface area (TPSA) is 12.4 Å². The van der Waals surface area contributed by atoms with Gasteiger partial charge >= 0.3 is 0 Å². The van der Waals surface area contributed by atoms with Gasteiger partial charge in [0.15, 0.2) is 0 Å². The van der Waals surface area contributed by atoms with Crippen LogP contribution in [-0.2, 0) is 0 Å². The van der Waals surface area contributed by atoms with Gasteiger partial charge in [-0.1, -0.05) is 36.4 Å². The standard InChI is InChI=1S/C11H8FN/c12-11-8-4-2-6-9-5-1-3-7-10(9)13-11/h1-8H. The third-order valence-electron chi connectivity index (χ3n) is 1.78. The predicted octanol–water partition coefficient (Wildman–Crippen LogP) is 1.47. The van der Waals surface area contributed by atoms with Gasteiger partial charge in [-0.25, -0.2) is 4.99 Å². The number of benzene rings is 1. The minimum absolute atomic E-state index is 0.461. The van der Waals surface area contributed by atoms with Crippen molar-refractivity contribution in [3.05, 3.63) is 59.0 Å². The van der Waals surface area contributed by atoms with Gasteiger partial charge in [0.25, 0.3) is 0 Å². The molecule has 0 saturated carbocycles. The van der Waals surface area contributed by atoms with Crippen molar-refractivity contribution in [1.82, 2.24) is 0 Å². The van der Waals surface area contributed by atoms with Gasteiger partial charge in [0.05, 0.1) is 5.36 Å². The number of hydrogen-bond acceptors (Lipinski definition) is 1. The summed E-state index contributed by atoms with van der Waals surface area (Å²) in [5.41, 5.74) is 0. The highest BCUT2D eigenvalue weighted by atomic mass is 19.1. The Hall–Kier alpha value is -1.70. The third-order valence-corrected chi connectivity index (χ3v) is 1.78. The lowest BCUT2D eigenvalue weighted by molar-refractivity contribution is 0.620. The largest absolute Gasteiger partial charge is 0.220 e. The summed E-state index contributed by atoms with van der Waals surface area (Å²) in [7, 11) is 0. The Bertz CT molecular complexity index is 483. The van der Waals surface area contributed by atoms with Crippen LogP contribution >= 0.6 is 0 Å². The highest BCUT2D eigenvalue weighted by molar-refractivity contribution is 5.39. The summed E-state index contributed by atoms with van der Waals surface area (Å²) in [6.07, 6.45) is 6.68. The van der Waals surface area contributed by atoms with Gasteiger partial charge in [-0.05, 0) is 12.1 Å². The number of rotatable bonds is 0. The van der Waals surface area contributed by atoms with Crippen molar-refractivity contribution in [3.63, 3.8) is 0 Å². The van der Waals surface area contributed by atoms with E-state index in [1.54, 1.807) is 18.2 Å². The molecule has 0 aromatic heterocycles. The zero-order valence-corrected chi connectivity index (χ0v) is 6.94. The van der Waals surface area contributed by atoms with E-state index < -0.39 is 5.95 Å². The molecule has 0 unspecified atom stereocenters. The average Bonchev–Trinajstić information content (AvgIpc) is 2.11. The van der Waals surface area contributed by atoms with Crippen LogP contribution in [0.3, 0.4) is 0 Å². The molecule has 1 aromatic rings. The normalized spacial score (nSPS) is 14.4. The Balaban J connectivity index is 2.79. The molecule has 0 N–H and O–H groups in total. The first-order valence-electron chi connectivity index (χ1n) is 4.04. The van der Waals surface area contributed by atoms with Crippen molar-refractivity contribution in [3.8, 4) is 0 Å². The van der Waals surface area contributed by atoms with Crippen molar-refractivity contribution < 1.29 is 4.39 Å². The van der Waals surface area contributed by atoms with Crippen molar-refractivity contribution in [2.75, 3.05) is 0 Å². The lowest BCUT2D eigenvalue weighted by Crippen LogP contribution is -2.23. The van der Waals surface area contributed by atoms with Gasteiger partial charge in [-0.2, -0.15) is 4.39 Å². The number of allylic oxidation sites excluding steroid dienone is 3. The summed E-state index contributed by atoms with van der Waals surface area (Å²) >= 11 is 0. The van der Waals surface area contributed by atoms with Gasteiger partial charge in [0.2, 0.25) is 5.95 Å². The molecule has 2 rings (SSSR count). The Labute approximate surface area is 75.2 Å². The molecule has 2 heteroatoms. The van der Waals surface area contributed by atoms with Crippen molar-refractivity contribution in [1.29, 1.82) is 0 Å². The van der Waals surface area contributed by atoms with E-state index in [0.717, 1.165) is 5.22 Å².